The third-order valence-corrected chi connectivity index (χ3v) is 7.88. The number of carbonyl (C=O) groups excluding carboxylic acids is 1. The number of amides is 1. The van der Waals surface area contributed by atoms with Crippen LogP contribution in [0.3, 0.4) is 0 Å². The van der Waals surface area contributed by atoms with Crippen LogP contribution in [0.1, 0.15) is 79.1 Å². The second-order valence-corrected chi connectivity index (χ2v) is 14.3. The Morgan fingerprint density at radius 2 is 0.569 bits per heavy atom. The minimum atomic E-state index is -0.512. The van der Waals surface area contributed by atoms with Crippen LogP contribution in [0, 0.1) is 0 Å². The van der Waals surface area contributed by atoms with E-state index in [0.717, 1.165) is 13.0 Å². The molecule has 0 saturated heterocycles. The Morgan fingerprint density at radius 3 is 0.828 bits per heavy atom. The number of ether oxygens (including phenoxy) is 14. The van der Waals surface area contributed by atoms with Gasteiger partial charge in [-0.1, -0.05) is 51.9 Å². The van der Waals surface area contributed by atoms with Crippen LogP contribution in [-0.2, 0) is 66.3 Å². The van der Waals surface area contributed by atoms with Crippen molar-refractivity contribution in [3.63, 3.8) is 0 Å². The molecule has 0 bridgehead atoms. The highest BCUT2D eigenvalue weighted by Gasteiger charge is 2.19. The van der Waals surface area contributed by atoms with Crippen LogP contribution in [0.15, 0.2) is 0 Å². The van der Waals surface area contributed by atoms with Crippen molar-refractivity contribution in [1.29, 1.82) is 0 Å². The molecule has 0 saturated carbocycles. The van der Waals surface area contributed by atoms with Crippen molar-refractivity contribution in [3.8, 4) is 0 Å². The highest BCUT2D eigenvalue weighted by atomic mass is 16.6. The number of hydrogen-bond acceptors (Lipinski definition) is 15. The summed E-state index contributed by atoms with van der Waals surface area (Å²) in [7, 11) is 1.68. The summed E-state index contributed by atoms with van der Waals surface area (Å²) in [6.07, 6.45) is 10.1. The standard InChI is InChI=1S/C42H85NO15/c1-6-7-8-9-10-11-12-13-15-45-17-19-47-21-23-49-25-27-51-29-31-53-33-35-55-37-39-57-40-38-56-36-34-54-32-30-52-28-26-50-24-22-48-20-18-46-16-14-43(5)41(44)58-42(2,3)4/h6-40H2,1-5H3. The summed E-state index contributed by atoms with van der Waals surface area (Å²) in [4.78, 5) is 13.4. The fourth-order valence-corrected chi connectivity index (χ4v) is 4.71. The first-order chi connectivity index (χ1) is 28.4. The molecule has 0 atom stereocenters. The molecule has 0 aromatic rings. The van der Waals surface area contributed by atoms with Crippen molar-refractivity contribution in [2.24, 2.45) is 0 Å². The van der Waals surface area contributed by atoms with Gasteiger partial charge >= 0.3 is 6.09 Å². The lowest BCUT2D eigenvalue weighted by atomic mass is 10.1. The maximum atomic E-state index is 11.9. The minimum Gasteiger partial charge on any atom is -0.444 e. The van der Waals surface area contributed by atoms with Gasteiger partial charge in [0, 0.05) is 20.2 Å². The number of unbranched alkanes of at least 4 members (excludes halogenated alkanes) is 7. The van der Waals surface area contributed by atoms with Crippen LogP contribution in [0.25, 0.3) is 0 Å². The Bertz CT molecular complexity index is 809. The minimum absolute atomic E-state index is 0.364. The first-order valence-corrected chi connectivity index (χ1v) is 21.8. The topological polar surface area (TPSA) is 150 Å². The number of likely N-dealkylation sites (N-methyl/N-ethyl adjacent to an activating group) is 1. The molecule has 0 N–H and O–H groups in total. The first kappa shape index (κ1) is 56.8. The van der Waals surface area contributed by atoms with Crippen LogP contribution < -0.4 is 0 Å². The quantitative estimate of drug-likeness (QED) is 0.0738. The van der Waals surface area contributed by atoms with Gasteiger partial charge in [-0.25, -0.2) is 4.79 Å². The van der Waals surface area contributed by atoms with Gasteiger partial charge in [-0.3, -0.25) is 0 Å². The Hall–Kier alpha value is -1.25. The van der Waals surface area contributed by atoms with Gasteiger partial charge in [0.05, 0.1) is 165 Å². The van der Waals surface area contributed by atoms with Gasteiger partial charge in [0.15, 0.2) is 0 Å². The van der Waals surface area contributed by atoms with Gasteiger partial charge in [-0.05, 0) is 27.2 Å². The molecule has 0 fully saturated rings. The van der Waals surface area contributed by atoms with Gasteiger partial charge in [0.25, 0.3) is 0 Å². The number of rotatable bonds is 48. The molecule has 0 aromatic carbocycles. The lowest BCUT2D eigenvalue weighted by molar-refractivity contribution is -0.0291. The summed E-state index contributed by atoms with van der Waals surface area (Å²) in [5.41, 5.74) is -0.512. The van der Waals surface area contributed by atoms with Crippen molar-refractivity contribution in [2.45, 2.75) is 84.7 Å². The zero-order chi connectivity index (χ0) is 42.3. The van der Waals surface area contributed by atoms with Crippen LogP contribution in [0.4, 0.5) is 4.79 Å². The predicted octanol–water partition coefficient (Wildman–Crippen LogP) is 5.21. The van der Waals surface area contributed by atoms with Gasteiger partial charge in [0.1, 0.15) is 5.60 Å². The molecule has 0 aliphatic rings. The molecule has 0 radical (unpaired) electrons. The SMILES string of the molecule is CCCCCCCCCCOCCOCCOCCOCCOCCOCCOCCOCCOCCOCCOCCOCCOCCN(C)C(=O)OC(C)(C)C. The molecule has 16 nitrogen and oxygen atoms in total. The average molecular weight is 844 g/mol. The summed E-state index contributed by atoms with van der Waals surface area (Å²) in [6, 6.07) is 0. The molecular weight excluding hydrogens is 758 g/mol. The summed E-state index contributed by atoms with van der Waals surface area (Å²) >= 11 is 0. The maximum absolute atomic E-state index is 11.9. The van der Waals surface area contributed by atoms with Crippen LogP contribution >= 0.6 is 0 Å². The lowest BCUT2D eigenvalue weighted by Crippen LogP contribution is -2.36. The highest BCUT2D eigenvalue weighted by molar-refractivity contribution is 5.67. The second-order valence-electron chi connectivity index (χ2n) is 14.3. The third-order valence-electron chi connectivity index (χ3n) is 7.88. The Kier molecular flexibility index (Phi) is 45.8. The molecular formula is C42H85NO15. The Morgan fingerprint density at radius 1 is 0.345 bits per heavy atom. The van der Waals surface area contributed by atoms with E-state index in [2.05, 4.69) is 6.92 Å². The van der Waals surface area contributed by atoms with E-state index in [1.54, 1.807) is 7.05 Å². The van der Waals surface area contributed by atoms with E-state index in [9.17, 15) is 4.79 Å². The van der Waals surface area contributed by atoms with Gasteiger partial charge in [-0.2, -0.15) is 0 Å². The van der Waals surface area contributed by atoms with Crippen LogP contribution in [-0.4, -0.2) is 202 Å². The van der Waals surface area contributed by atoms with Crippen LogP contribution in [0.5, 0.6) is 0 Å². The Labute approximate surface area is 351 Å². The van der Waals surface area contributed by atoms with E-state index >= 15 is 0 Å². The smallest absolute Gasteiger partial charge is 0.410 e. The van der Waals surface area contributed by atoms with E-state index in [1.807, 2.05) is 20.8 Å². The van der Waals surface area contributed by atoms with E-state index < -0.39 is 5.60 Å². The highest BCUT2D eigenvalue weighted by Crippen LogP contribution is 2.09. The predicted molar refractivity (Wildman–Crippen MR) is 222 cm³/mol. The fraction of sp³-hybridized carbons (Fsp3) is 0.976. The van der Waals surface area contributed by atoms with Crippen molar-refractivity contribution >= 4 is 6.09 Å². The van der Waals surface area contributed by atoms with Gasteiger partial charge < -0.3 is 71.2 Å². The number of carbonyl (C=O) groups is 1. The molecule has 0 rings (SSSR count). The third kappa shape index (κ3) is 49.1. The summed E-state index contributed by atoms with van der Waals surface area (Å²) in [5.74, 6) is 0. The average Bonchev–Trinajstić information content (AvgIpc) is 3.19. The maximum Gasteiger partial charge on any atom is 0.410 e. The summed E-state index contributed by atoms with van der Waals surface area (Å²) in [6.45, 7) is 21.7. The van der Waals surface area contributed by atoms with E-state index in [0.29, 0.717) is 172 Å². The second kappa shape index (κ2) is 46.8. The van der Waals surface area contributed by atoms with Gasteiger partial charge in [0.2, 0.25) is 0 Å². The molecule has 0 aliphatic heterocycles. The van der Waals surface area contributed by atoms with Gasteiger partial charge in [-0.15, -0.1) is 0 Å². The molecule has 0 heterocycles. The molecule has 0 aliphatic carbocycles. The summed E-state index contributed by atoms with van der Waals surface area (Å²) in [5, 5.41) is 0. The first-order valence-electron chi connectivity index (χ1n) is 21.8. The van der Waals surface area contributed by atoms with Crippen LogP contribution in [0.2, 0.25) is 0 Å². The van der Waals surface area contributed by atoms with Crippen molar-refractivity contribution in [1.82, 2.24) is 4.90 Å². The van der Waals surface area contributed by atoms with E-state index in [4.69, 9.17) is 66.3 Å². The fourth-order valence-electron chi connectivity index (χ4n) is 4.71. The number of hydrogen-bond donors (Lipinski definition) is 0. The molecule has 348 valence electrons. The van der Waals surface area contributed by atoms with E-state index in [1.165, 1.54) is 49.8 Å². The molecule has 0 spiro atoms. The zero-order valence-corrected chi connectivity index (χ0v) is 37.3. The lowest BCUT2D eigenvalue weighted by Gasteiger charge is -2.24. The normalized spacial score (nSPS) is 11.8. The largest absolute Gasteiger partial charge is 0.444 e. The van der Waals surface area contributed by atoms with Crippen molar-refractivity contribution < 1.29 is 71.1 Å². The van der Waals surface area contributed by atoms with Crippen molar-refractivity contribution in [2.75, 3.05) is 185 Å². The molecule has 0 aromatic heterocycles. The molecule has 58 heavy (non-hydrogen) atoms. The molecule has 0 unspecified atom stereocenters. The summed E-state index contributed by atoms with van der Waals surface area (Å²) < 4.78 is 77.0. The van der Waals surface area contributed by atoms with Crippen molar-refractivity contribution in [3.05, 3.63) is 0 Å². The van der Waals surface area contributed by atoms with E-state index in [-0.39, 0.29) is 6.09 Å². The molecule has 16 heteroatoms. The zero-order valence-electron chi connectivity index (χ0n) is 37.3. The molecule has 1 amide bonds. The Balaban J connectivity index is 3.12. The number of nitrogens with zero attached hydrogens (tertiary/aromatic N) is 1. The monoisotopic (exact) mass is 844 g/mol.